The first-order valence-corrected chi connectivity index (χ1v) is 8.54. The second-order valence-corrected chi connectivity index (χ2v) is 6.94. The van der Waals surface area contributed by atoms with Gasteiger partial charge in [-0.2, -0.15) is 0 Å². The molecule has 2 rings (SSSR count). The third-order valence-electron chi connectivity index (χ3n) is 5.66. The van der Waals surface area contributed by atoms with Crippen molar-refractivity contribution in [2.24, 2.45) is 5.73 Å². The number of rotatable bonds is 5. The molecular formula is C19H32N2. The van der Waals surface area contributed by atoms with E-state index in [0.717, 1.165) is 12.8 Å². The average molecular weight is 288 g/mol. The summed E-state index contributed by atoms with van der Waals surface area (Å²) >= 11 is 0. The van der Waals surface area contributed by atoms with Crippen LogP contribution in [0.25, 0.3) is 0 Å². The largest absolute Gasteiger partial charge is 0.326 e. The van der Waals surface area contributed by atoms with Gasteiger partial charge in [0.2, 0.25) is 0 Å². The minimum absolute atomic E-state index is 0.120. The first-order valence-electron chi connectivity index (χ1n) is 8.54. The fourth-order valence-corrected chi connectivity index (χ4v) is 3.74. The Morgan fingerprint density at radius 1 is 1.14 bits per heavy atom. The Hall–Kier alpha value is -0.860. The lowest BCUT2D eigenvalue weighted by atomic mass is 9.81. The first-order chi connectivity index (χ1) is 9.99. The Morgan fingerprint density at radius 2 is 1.71 bits per heavy atom. The molecule has 0 bridgehead atoms. The molecule has 1 fully saturated rings. The van der Waals surface area contributed by atoms with E-state index in [0.29, 0.717) is 0 Å². The number of nitrogens with two attached hydrogens (primary N) is 1. The van der Waals surface area contributed by atoms with Crippen molar-refractivity contribution >= 4 is 0 Å². The van der Waals surface area contributed by atoms with Crippen molar-refractivity contribution in [1.29, 1.82) is 0 Å². The summed E-state index contributed by atoms with van der Waals surface area (Å²) in [6.07, 6.45) is 6.14. The molecule has 0 spiro atoms. The van der Waals surface area contributed by atoms with Gasteiger partial charge in [-0.05, 0) is 76.2 Å². The molecule has 2 heteroatoms. The number of hydrogen-bond acceptors (Lipinski definition) is 2. The van der Waals surface area contributed by atoms with Crippen molar-refractivity contribution in [2.75, 3.05) is 13.1 Å². The standard InChI is InChI=1S/C19H32N2/c1-5-19(4,21-12-7-6-8-13-21)18(20)14-17-15(2)10-9-11-16(17)3/h9-11,18H,5-8,12-14,20H2,1-4H3. The lowest BCUT2D eigenvalue weighted by Gasteiger charge is -2.47. The fourth-order valence-electron chi connectivity index (χ4n) is 3.74. The molecule has 0 aliphatic carbocycles. The van der Waals surface area contributed by atoms with E-state index in [1.165, 1.54) is 49.0 Å². The summed E-state index contributed by atoms with van der Waals surface area (Å²) in [5.74, 6) is 0. The molecule has 2 unspecified atom stereocenters. The Kier molecular flexibility index (Phi) is 5.45. The molecule has 1 aromatic carbocycles. The molecule has 0 aromatic heterocycles. The van der Waals surface area contributed by atoms with Crippen LogP contribution in [-0.4, -0.2) is 29.6 Å². The highest BCUT2D eigenvalue weighted by Crippen LogP contribution is 2.29. The Labute approximate surface area is 130 Å². The summed E-state index contributed by atoms with van der Waals surface area (Å²) in [6.45, 7) is 11.5. The zero-order valence-corrected chi connectivity index (χ0v) is 14.3. The van der Waals surface area contributed by atoms with Crippen LogP contribution in [0.5, 0.6) is 0 Å². The second kappa shape index (κ2) is 6.93. The number of piperidine rings is 1. The molecule has 21 heavy (non-hydrogen) atoms. The molecule has 1 aliphatic heterocycles. The first kappa shape index (κ1) is 16.5. The van der Waals surface area contributed by atoms with Gasteiger partial charge < -0.3 is 5.73 Å². The quantitative estimate of drug-likeness (QED) is 0.892. The van der Waals surface area contributed by atoms with Gasteiger partial charge in [0.05, 0.1) is 0 Å². The van der Waals surface area contributed by atoms with Gasteiger partial charge in [-0.1, -0.05) is 31.5 Å². The van der Waals surface area contributed by atoms with Gasteiger partial charge in [-0.15, -0.1) is 0 Å². The van der Waals surface area contributed by atoms with Gasteiger partial charge >= 0.3 is 0 Å². The minimum atomic E-state index is 0.120. The van der Waals surface area contributed by atoms with Crippen LogP contribution in [0, 0.1) is 13.8 Å². The SMILES string of the molecule is CCC(C)(C(N)Cc1c(C)cccc1C)N1CCCCC1. The number of hydrogen-bond donors (Lipinski definition) is 1. The van der Waals surface area contributed by atoms with E-state index in [2.05, 4.69) is 50.8 Å². The maximum atomic E-state index is 6.72. The van der Waals surface area contributed by atoms with E-state index in [4.69, 9.17) is 5.73 Å². The summed E-state index contributed by atoms with van der Waals surface area (Å²) in [5.41, 5.74) is 11.0. The Morgan fingerprint density at radius 3 is 2.24 bits per heavy atom. The Balaban J connectivity index is 2.17. The van der Waals surface area contributed by atoms with Gasteiger partial charge in [0.25, 0.3) is 0 Å². The van der Waals surface area contributed by atoms with Crippen LogP contribution in [0.4, 0.5) is 0 Å². The molecule has 2 atom stereocenters. The number of nitrogens with zero attached hydrogens (tertiary/aromatic N) is 1. The zero-order chi connectivity index (χ0) is 15.5. The third-order valence-corrected chi connectivity index (χ3v) is 5.66. The minimum Gasteiger partial charge on any atom is -0.326 e. The van der Waals surface area contributed by atoms with Crippen LogP contribution < -0.4 is 5.73 Å². The van der Waals surface area contributed by atoms with Gasteiger partial charge in [0.15, 0.2) is 0 Å². The van der Waals surface area contributed by atoms with Crippen LogP contribution in [0.3, 0.4) is 0 Å². The molecular weight excluding hydrogens is 256 g/mol. The molecule has 118 valence electrons. The van der Waals surface area contributed by atoms with Crippen LogP contribution >= 0.6 is 0 Å². The topological polar surface area (TPSA) is 29.3 Å². The molecule has 2 nitrogen and oxygen atoms in total. The monoisotopic (exact) mass is 288 g/mol. The van der Waals surface area contributed by atoms with E-state index in [-0.39, 0.29) is 11.6 Å². The maximum absolute atomic E-state index is 6.72. The highest BCUT2D eigenvalue weighted by molar-refractivity contribution is 5.34. The van der Waals surface area contributed by atoms with Gasteiger partial charge in [-0.3, -0.25) is 4.90 Å². The van der Waals surface area contributed by atoms with Crippen molar-refractivity contribution in [3.05, 3.63) is 34.9 Å². The number of likely N-dealkylation sites (tertiary alicyclic amines) is 1. The molecule has 0 amide bonds. The molecule has 0 saturated carbocycles. The molecule has 1 aliphatic rings. The molecule has 2 N–H and O–H groups in total. The maximum Gasteiger partial charge on any atom is 0.0332 e. The predicted octanol–water partition coefficient (Wildman–Crippen LogP) is 3.83. The van der Waals surface area contributed by atoms with Crippen LogP contribution in [0.2, 0.25) is 0 Å². The molecule has 1 heterocycles. The Bertz CT molecular complexity index is 442. The van der Waals surface area contributed by atoms with E-state index >= 15 is 0 Å². The van der Waals surface area contributed by atoms with Crippen molar-refractivity contribution < 1.29 is 0 Å². The number of benzene rings is 1. The van der Waals surface area contributed by atoms with E-state index in [1.54, 1.807) is 0 Å². The van der Waals surface area contributed by atoms with Crippen LogP contribution in [-0.2, 0) is 6.42 Å². The number of aryl methyl sites for hydroxylation is 2. The van der Waals surface area contributed by atoms with Gasteiger partial charge in [-0.25, -0.2) is 0 Å². The predicted molar refractivity (Wildman–Crippen MR) is 91.7 cm³/mol. The summed E-state index contributed by atoms with van der Waals surface area (Å²) in [7, 11) is 0. The van der Waals surface area contributed by atoms with Crippen molar-refractivity contribution in [1.82, 2.24) is 4.90 Å². The normalized spacial score (nSPS) is 21.0. The summed E-state index contributed by atoms with van der Waals surface area (Å²) in [5, 5.41) is 0. The molecule has 1 aromatic rings. The van der Waals surface area contributed by atoms with E-state index in [1.807, 2.05) is 0 Å². The van der Waals surface area contributed by atoms with Crippen molar-refractivity contribution in [2.45, 2.75) is 71.4 Å². The van der Waals surface area contributed by atoms with Gasteiger partial charge in [0.1, 0.15) is 0 Å². The summed E-state index contributed by atoms with van der Waals surface area (Å²) in [6, 6.07) is 6.75. The average Bonchev–Trinajstić information content (AvgIpc) is 2.51. The van der Waals surface area contributed by atoms with E-state index in [9.17, 15) is 0 Å². The lowest BCUT2D eigenvalue weighted by molar-refractivity contribution is 0.0545. The van der Waals surface area contributed by atoms with Crippen LogP contribution in [0.1, 0.15) is 56.2 Å². The highest BCUT2D eigenvalue weighted by Gasteiger charge is 2.36. The van der Waals surface area contributed by atoms with Crippen molar-refractivity contribution in [3.63, 3.8) is 0 Å². The summed E-state index contributed by atoms with van der Waals surface area (Å²) < 4.78 is 0. The van der Waals surface area contributed by atoms with E-state index < -0.39 is 0 Å². The lowest BCUT2D eigenvalue weighted by Crippen LogP contribution is -2.59. The van der Waals surface area contributed by atoms with Gasteiger partial charge in [0, 0.05) is 11.6 Å². The fraction of sp³-hybridized carbons (Fsp3) is 0.684. The summed E-state index contributed by atoms with van der Waals surface area (Å²) in [4.78, 5) is 2.65. The zero-order valence-electron chi connectivity index (χ0n) is 14.3. The third kappa shape index (κ3) is 3.49. The molecule has 1 saturated heterocycles. The second-order valence-electron chi connectivity index (χ2n) is 6.94. The smallest absolute Gasteiger partial charge is 0.0332 e. The molecule has 0 radical (unpaired) electrons. The van der Waals surface area contributed by atoms with Crippen molar-refractivity contribution in [3.8, 4) is 0 Å². The van der Waals surface area contributed by atoms with Crippen LogP contribution in [0.15, 0.2) is 18.2 Å². The highest BCUT2D eigenvalue weighted by atomic mass is 15.2.